The van der Waals surface area contributed by atoms with Gasteiger partial charge in [0.2, 0.25) is 53.2 Å². The number of nitrogens with one attached hydrogen (secondary N) is 4. The summed E-state index contributed by atoms with van der Waals surface area (Å²) in [6.45, 7) is 13.8. The first-order chi connectivity index (χ1) is 53.2. The number of phenolic OH excluding ortho intramolecular Hbond substituents is 4. The minimum atomic E-state index is -1.39. The van der Waals surface area contributed by atoms with Crippen molar-refractivity contribution in [2.24, 2.45) is 22.9 Å². The minimum absolute atomic E-state index is 0. The third-order valence-corrected chi connectivity index (χ3v) is 26.6. The first-order valence-electron chi connectivity index (χ1n) is 35.0. The van der Waals surface area contributed by atoms with Crippen molar-refractivity contribution in [1.29, 1.82) is 0 Å². The van der Waals surface area contributed by atoms with Gasteiger partial charge in [0.1, 0.15) is 129 Å². The van der Waals surface area contributed by atoms with E-state index in [0.29, 0.717) is 22.3 Å². The van der Waals surface area contributed by atoms with Crippen LogP contribution >= 0.6 is 47.0 Å². The molecule has 10 fully saturated rings. The summed E-state index contributed by atoms with van der Waals surface area (Å²) in [4.78, 5) is 173. The van der Waals surface area contributed by atoms with Gasteiger partial charge in [0.25, 0.3) is 0 Å². The molecule has 0 aliphatic carbocycles. The number of rotatable bonds is 18. The summed E-state index contributed by atoms with van der Waals surface area (Å²) in [6.07, 6.45) is 0.918. The number of nitrogens with two attached hydrogens (primary N) is 4. The number of aliphatic carboxylic acids is 5. The third kappa shape index (κ3) is 17.8. The Kier molecular flexibility index (Phi) is 27.1. The van der Waals surface area contributed by atoms with Crippen molar-refractivity contribution < 1.29 is 174 Å². The van der Waals surface area contributed by atoms with E-state index in [4.69, 9.17) is 32.8 Å². The molecule has 0 spiro atoms. The number of hydrogen-bond donors (Lipinski definition) is 17. The van der Waals surface area contributed by atoms with Crippen LogP contribution in [0.3, 0.4) is 0 Å². The number of aliphatic hydroxyl groups excluding tert-OH is 1. The molecule has 14 rings (SSSR count). The summed E-state index contributed by atoms with van der Waals surface area (Å²) in [5.74, 6) is -9.33. The van der Waals surface area contributed by atoms with E-state index in [1.54, 1.807) is 55.4 Å². The second kappa shape index (κ2) is 34.7. The van der Waals surface area contributed by atoms with Gasteiger partial charge in [-0.05, 0) is 132 Å². The van der Waals surface area contributed by atoms with Gasteiger partial charge in [-0.3, -0.25) is 48.1 Å². The maximum atomic E-state index is 12.3. The van der Waals surface area contributed by atoms with Crippen LogP contribution in [-0.4, -0.2) is 261 Å². The molecule has 4 aromatic rings. The van der Waals surface area contributed by atoms with Crippen LogP contribution in [0.15, 0.2) is 109 Å². The fourth-order valence-electron chi connectivity index (χ4n) is 14.5. The number of benzene rings is 4. The zero-order valence-corrected chi connectivity index (χ0v) is 69.2. The standard InChI is InChI=1S/4C16H19N3O5S.C8H9NO5.K/c4*1-16(2)11(15(23)24)19-13(22)10(14(19)25-16)18-12(21)9(17)7-3-5-8(20)6-4-7;10-2-1-4-7(8(12)13)9-5(11)3-6(9)14-4;/h4*3-6,9-11,14,20H,17H2,1-2H3,(H,18,21)(H,23,24);1,6-7,10H,2-3H2,(H,12,13);/q;;;;;+1/p-1/b;;;;4-1-;/t4*9-,10-,11+,14-;6-,7-;/m11111./s1. The summed E-state index contributed by atoms with van der Waals surface area (Å²) in [7, 11) is 0. The summed E-state index contributed by atoms with van der Waals surface area (Å²) >= 11 is 5.41. The van der Waals surface area contributed by atoms with Crippen molar-refractivity contribution in [3.05, 3.63) is 131 Å². The van der Waals surface area contributed by atoms with Crippen molar-refractivity contribution in [2.75, 3.05) is 6.61 Å². The molecule has 115 heavy (non-hydrogen) atoms. The second-order valence-corrected chi connectivity index (χ2v) is 36.8. The van der Waals surface area contributed by atoms with E-state index in [0.717, 1.165) is 4.90 Å². The maximum Gasteiger partial charge on any atom is 1.00 e. The van der Waals surface area contributed by atoms with Crippen LogP contribution in [0, 0.1) is 0 Å². The van der Waals surface area contributed by atoms with E-state index in [-0.39, 0.29) is 99.1 Å². The number of thioether (sulfide) groups is 4. The number of hydrogen-bond acceptors (Lipinski definition) is 29. The monoisotopic (exact) mass is 1700 g/mol. The van der Waals surface area contributed by atoms with Crippen molar-refractivity contribution in [2.45, 2.75) is 187 Å². The van der Waals surface area contributed by atoms with Gasteiger partial charge < -0.3 is 124 Å². The number of nitrogens with zero attached hydrogens (tertiary/aromatic N) is 5. The van der Waals surface area contributed by atoms with Crippen LogP contribution < -0.4 is 101 Å². The number of carboxylic acids is 5. The first kappa shape index (κ1) is 90.0. The van der Waals surface area contributed by atoms with Gasteiger partial charge in [-0.1, -0.05) is 48.5 Å². The summed E-state index contributed by atoms with van der Waals surface area (Å²) < 4.78 is 2.54. The number of β-lactam (4-membered cyclic amide) rings is 5. The summed E-state index contributed by atoms with van der Waals surface area (Å²) in [5.41, 5.74) is 25.6. The molecule has 38 nitrogen and oxygen atoms in total. The van der Waals surface area contributed by atoms with Crippen molar-refractivity contribution in [3.8, 4) is 23.0 Å². The SMILES string of the molecule is CC1(C)S[C@@H]2[C@H](NC(=O)[C@H](N)c3ccc(O)cc3)C(=O)N2[C@H]1C(=O)O.CC1(C)S[C@@H]2[C@H](NC(=O)[C@H](N)c3ccc(O)cc3)C(=O)N2[C@H]1C(=O)O.CC1(C)S[C@@H]2[C@H](NC(=O)[C@H](N)c3ccc(O)cc3)C(=O)N2[C@H]1C(=O)O.CC1(C)S[C@@H]2[C@H](NC(=O)[C@H](N)c3ccc(O)cc3)C(=O)N2[C@H]1C(=O)O.O=C([O-])[C@H]1/C(=C/CO)O[C@@H]2CC(=O)N21.[K+]. The molecule has 0 unspecified atom stereocenters. The molecule has 0 aromatic heterocycles. The van der Waals surface area contributed by atoms with Gasteiger partial charge in [-0.2, -0.15) is 0 Å². The smallest absolute Gasteiger partial charge is 0.547 e. The molecule has 10 saturated heterocycles. The number of carbonyl (C=O) groups is 14. The van der Waals surface area contributed by atoms with Gasteiger partial charge in [0.05, 0.1) is 19.0 Å². The Labute approximate surface area is 714 Å². The molecular formula is C72H84KN13O25S4. The third-order valence-electron chi connectivity index (χ3n) is 20.3. The van der Waals surface area contributed by atoms with Gasteiger partial charge in [-0.25, -0.2) is 19.2 Å². The zero-order valence-electron chi connectivity index (χ0n) is 62.9. The van der Waals surface area contributed by atoms with Crippen molar-refractivity contribution >= 4 is 130 Å². The average Bonchev–Trinajstić information content (AvgIpc) is 1.58. The van der Waals surface area contributed by atoms with E-state index in [1.165, 1.54) is 170 Å². The topological polar surface area (TPSA) is 622 Å². The number of fused-ring (bicyclic) bond motifs is 5. The van der Waals surface area contributed by atoms with Crippen LogP contribution in [0.1, 0.15) is 108 Å². The first-order valence-corrected chi connectivity index (χ1v) is 38.5. The van der Waals surface area contributed by atoms with E-state index >= 15 is 0 Å². The number of carboxylic acid groups (broad SMARTS) is 5. The number of phenols is 4. The predicted molar refractivity (Wildman–Crippen MR) is 403 cm³/mol. The van der Waals surface area contributed by atoms with Crippen LogP contribution in [0.25, 0.3) is 0 Å². The number of aliphatic hydroxyl groups is 1. The van der Waals surface area contributed by atoms with Gasteiger partial charge in [0.15, 0.2) is 6.23 Å². The van der Waals surface area contributed by atoms with Crippen LogP contribution in [0.4, 0.5) is 0 Å². The minimum Gasteiger partial charge on any atom is -0.547 e. The van der Waals surface area contributed by atoms with Gasteiger partial charge in [0, 0.05) is 19.0 Å². The largest absolute Gasteiger partial charge is 1.00 e. The van der Waals surface area contributed by atoms with Crippen molar-refractivity contribution in [1.82, 2.24) is 45.8 Å². The van der Waals surface area contributed by atoms with Crippen molar-refractivity contribution in [3.63, 3.8) is 0 Å². The predicted octanol–water partition coefficient (Wildman–Crippen LogP) is -5.33. The Morgan fingerprint density at radius 1 is 0.435 bits per heavy atom. The molecule has 10 aliphatic rings. The molecule has 4 aromatic carbocycles. The molecule has 0 bridgehead atoms. The second-order valence-electron chi connectivity index (χ2n) is 29.7. The van der Waals surface area contributed by atoms with E-state index < -0.39 is 202 Å². The van der Waals surface area contributed by atoms with Crippen LogP contribution in [0.5, 0.6) is 23.0 Å². The maximum absolute atomic E-state index is 12.3. The Morgan fingerprint density at radius 2 is 0.652 bits per heavy atom. The molecule has 21 N–H and O–H groups in total. The quantitative estimate of drug-likeness (QED) is 0.0327. The Bertz CT molecular complexity index is 4070. The van der Waals surface area contributed by atoms with E-state index in [2.05, 4.69) is 21.3 Å². The number of ether oxygens (including phenoxy) is 1. The van der Waals surface area contributed by atoms with E-state index in [9.17, 15) is 113 Å². The Morgan fingerprint density at radius 3 is 0.835 bits per heavy atom. The summed E-state index contributed by atoms with van der Waals surface area (Å²) in [5, 5.41) is 103. The summed E-state index contributed by atoms with van der Waals surface area (Å²) in [6, 6.07) is 11.7. The molecule has 18 atom stereocenters. The number of aromatic hydroxyl groups is 4. The van der Waals surface area contributed by atoms with Gasteiger partial charge >= 0.3 is 75.3 Å². The van der Waals surface area contributed by atoms with Crippen LogP contribution in [-0.2, 0) is 71.9 Å². The van der Waals surface area contributed by atoms with E-state index in [1.807, 2.05) is 0 Å². The number of carbonyl (C=O) groups excluding carboxylic acids is 10. The molecule has 0 saturated carbocycles. The molecular weight excluding hydrogens is 1610 g/mol. The Hall–Kier alpha value is -8.96. The van der Waals surface area contributed by atoms with Gasteiger partial charge in [-0.15, -0.1) is 47.0 Å². The number of amides is 9. The molecule has 9 amide bonds. The molecule has 612 valence electrons. The molecule has 0 radical (unpaired) electrons. The van der Waals surface area contributed by atoms with Crippen LogP contribution in [0.2, 0.25) is 0 Å². The normalized spacial score (nSPS) is 28.3. The zero-order chi connectivity index (χ0) is 84.4. The molecule has 10 heterocycles. The Balaban J connectivity index is 0.000000166. The molecule has 43 heteroatoms. The fraction of sp³-hybridized carbons (Fsp3) is 0.444. The average molecular weight is 1700 g/mol. The molecule has 10 aliphatic heterocycles. The fourth-order valence-corrected chi connectivity index (χ4v) is 21.0.